The maximum atomic E-state index is 12.7. The molecule has 1 N–H and O–H groups in total. The van der Waals surface area contributed by atoms with Gasteiger partial charge in [0.2, 0.25) is 0 Å². The minimum atomic E-state index is -4.42. The van der Waals surface area contributed by atoms with E-state index in [-0.39, 0.29) is 31.8 Å². The lowest BCUT2D eigenvalue weighted by molar-refractivity contribution is -0.870. The van der Waals surface area contributed by atoms with Crippen LogP contribution in [-0.2, 0) is 37.5 Å². The molecule has 0 aromatic rings. The van der Waals surface area contributed by atoms with Gasteiger partial charge in [-0.2, -0.15) is 0 Å². The number of rotatable bonds is 39. The van der Waals surface area contributed by atoms with Crippen LogP contribution in [-0.4, -0.2) is 80.7 Å². The van der Waals surface area contributed by atoms with E-state index in [4.69, 9.17) is 18.5 Å². The number of unbranched alkanes of at least 4 members (excludes halogenated alkanes) is 14. The van der Waals surface area contributed by atoms with Gasteiger partial charge in [-0.15, -0.1) is 0 Å². The second-order valence-electron chi connectivity index (χ2n) is 15.8. The first-order chi connectivity index (χ1) is 27.4. The van der Waals surface area contributed by atoms with E-state index in [1.165, 1.54) is 57.8 Å². The molecule has 0 aliphatic heterocycles. The summed E-state index contributed by atoms with van der Waals surface area (Å²) in [6.07, 6.45) is 41.0. The predicted octanol–water partition coefficient (Wildman–Crippen LogP) is 11.6. The molecular formula is C46H81NO9P+. The minimum absolute atomic E-state index is 0.000445. The molecule has 10 nitrogen and oxygen atoms in total. The number of carbonyl (C=O) groups is 3. The monoisotopic (exact) mass is 823 g/mol. The normalized spacial score (nSPS) is 14.1. The van der Waals surface area contributed by atoms with Crippen LogP contribution in [0.5, 0.6) is 0 Å². The molecule has 1 unspecified atom stereocenters. The van der Waals surface area contributed by atoms with Crippen molar-refractivity contribution in [2.24, 2.45) is 0 Å². The van der Waals surface area contributed by atoms with Gasteiger partial charge in [-0.25, -0.2) is 4.57 Å². The van der Waals surface area contributed by atoms with Crippen LogP contribution in [0.15, 0.2) is 60.8 Å². The van der Waals surface area contributed by atoms with Crippen LogP contribution in [0.1, 0.15) is 162 Å². The Morgan fingerprint density at radius 2 is 1.12 bits per heavy atom. The molecule has 0 saturated carbocycles. The van der Waals surface area contributed by atoms with E-state index in [0.717, 1.165) is 57.8 Å². The summed E-state index contributed by atoms with van der Waals surface area (Å²) in [5.41, 5.74) is 0. The molecule has 0 amide bonds. The molecule has 0 aliphatic rings. The van der Waals surface area contributed by atoms with Crippen molar-refractivity contribution in [3.63, 3.8) is 0 Å². The van der Waals surface area contributed by atoms with E-state index in [1.807, 2.05) is 33.3 Å². The first-order valence-electron chi connectivity index (χ1n) is 22.0. The third-order valence-corrected chi connectivity index (χ3v) is 9.98. The van der Waals surface area contributed by atoms with E-state index in [1.54, 1.807) is 6.08 Å². The molecule has 0 aromatic carbocycles. The van der Waals surface area contributed by atoms with E-state index >= 15 is 0 Å². The molecule has 0 fully saturated rings. The van der Waals surface area contributed by atoms with Crippen LogP contribution in [0.3, 0.4) is 0 Å². The number of ether oxygens (including phenoxy) is 2. The summed E-state index contributed by atoms with van der Waals surface area (Å²) in [4.78, 5) is 47.4. The lowest BCUT2D eigenvalue weighted by Crippen LogP contribution is -2.37. The molecule has 328 valence electrons. The quantitative estimate of drug-likeness (QED) is 0.0123. The molecule has 0 saturated heterocycles. The Morgan fingerprint density at radius 3 is 1.79 bits per heavy atom. The minimum Gasteiger partial charge on any atom is -0.462 e. The van der Waals surface area contributed by atoms with Gasteiger partial charge in [-0.1, -0.05) is 133 Å². The number of hydrogen-bond donors (Lipinski definition) is 1. The fourth-order valence-electron chi connectivity index (χ4n) is 5.48. The number of phosphoric ester groups is 1. The number of ketones is 1. The maximum absolute atomic E-state index is 12.7. The van der Waals surface area contributed by atoms with Crippen molar-refractivity contribution in [2.45, 2.75) is 168 Å². The topological polar surface area (TPSA) is 125 Å². The van der Waals surface area contributed by atoms with Crippen molar-refractivity contribution < 1.29 is 46.8 Å². The Balaban J connectivity index is 4.54. The van der Waals surface area contributed by atoms with Gasteiger partial charge in [0, 0.05) is 19.3 Å². The van der Waals surface area contributed by atoms with Crippen molar-refractivity contribution >= 4 is 25.5 Å². The van der Waals surface area contributed by atoms with Crippen LogP contribution in [0, 0.1) is 0 Å². The predicted molar refractivity (Wildman–Crippen MR) is 234 cm³/mol. The Bertz CT molecular complexity index is 1220. The van der Waals surface area contributed by atoms with Gasteiger partial charge in [0.1, 0.15) is 19.8 Å². The average molecular weight is 823 g/mol. The van der Waals surface area contributed by atoms with Gasteiger partial charge in [-0.3, -0.25) is 23.4 Å². The largest absolute Gasteiger partial charge is 0.472 e. The number of phosphoric acid groups is 1. The summed E-state index contributed by atoms with van der Waals surface area (Å²) in [5.74, 6) is -0.842. The highest BCUT2D eigenvalue weighted by molar-refractivity contribution is 7.47. The van der Waals surface area contributed by atoms with Crippen molar-refractivity contribution in [1.29, 1.82) is 0 Å². The van der Waals surface area contributed by atoms with Gasteiger partial charge in [0.25, 0.3) is 0 Å². The summed E-state index contributed by atoms with van der Waals surface area (Å²) in [6, 6.07) is 0. The van der Waals surface area contributed by atoms with Gasteiger partial charge in [-0.05, 0) is 70.3 Å². The number of quaternary nitrogens is 1. The van der Waals surface area contributed by atoms with Gasteiger partial charge >= 0.3 is 19.8 Å². The second-order valence-corrected chi connectivity index (χ2v) is 17.2. The van der Waals surface area contributed by atoms with Crippen molar-refractivity contribution in [2.75, 3.05) is 47.5 Å². The molecule has 0 aliphatic carbocycles. The Morgan fingerprint density at radius 1 is 0.596 bits per heavy atom. The molecule has 57 heavy (non-hydrogen) atoms. The Hall–Kier alpha value is -2.62. The number of esters is 2. The van der Waals surface area contributed by atoms with Crippen LogP contribution in [0.2, 0.25) is 0 Å². The molecule has 0 aromatic heterocycles. The highest BCUT2D eigenvalue weighted by Gasteiger charge is 2.27. The van der Waals surface area contributed by atoms with Crippen LogP contribution in [0.4, 0.5) is 0 Å². The highest BCUT2D eigenvalue weighted by atomic mass is 31.2. The zero-order valence-electron chi connectivity index (χ0n) is 36.6. The van der Waals surface area contributed by atoms with Crippen molar-refractivity contribution in [3.8, 4) is 0 Å². The summed E-state index contributed by atoms with van der Waals surface area (Å²) in [6.45, 7) is 4.15. The van der Waals surface area contributed by atoms with Crippen LogP contribution < -0.4 is 0 Å². The summed E-state index contributed by atoms with van der Waals surface area (Å²) < 4.78 is 34.1. The number of likely N-dealkylation sites (N-methyl/N-ethyl adjacent to an activating group) is 1. The first kappa shape index (κ1) is 54.4. The molecule has 11 heteroatoms. The van der Waals surface area contributed by atoms with Crippen molar-refractivity contribution in [3.05, 3.63) is 60.8 Å². The number of carbonyl (C=O) groups excluding carboxylic acids is 3. The van der Waals surface area contributed by atoms with Crippen molar-refractivity contribution in [1.82, 2.24) is 0 Å². The second kappa shape index (κ2) is 37.6. The number of hydrogen-bond acceptors (Lipinski definition) is 8. The van der Waals surface area contributed by atoms with Crippen LogP contribution in [0.25, 0.3) is 0 Å². The molecule has 0 bridgehead atoms. The van der Waals surface area contributed by atoms with E-state index in [0.29, 0.717) is 30.3 Å². The zero-order valence-corrected chi connectivity index (χ0v) is 37.4. The van der Waals surface area contributed by atoms with Gasteiger partial charge in [0.15, 0.2) is 11.9 Å². The first-order valence-corrected chi connectivity index (χ1v) is 23.5. The fourth-order valence-corrected chi connectivity index (χ4v) is 6.22. The lowest BCUT2D eigenvalue weighted by Gasteiger charge is -2.24. The Kier molecular flexibility index (Phi) is 35.9. The molecule has 0 spiro atoms. The van der Waals surface area contributed by atoms with Gasteiger partial charge in [0.05, 0.1) is 27.7 Å². The molecular weight excluding hydrogens is 741 g/mol. The van der Waals surface area contributed by atoms with E-state index in [2.05, 4.69) is 56.4 Å². The molecule has 0 radical (unpaired) electrons. The lowest BCUT2D eigenvalue weighted by atomic mass is 10.1. The third-order valence-electron chi connectivity index (χ3n) is 9.00. The number of nitrogens with zero attached hydrogens (tertiary/aromatic N) is 1. The summed E-state index contributed by atoms with van der Waals surface area (Å²) >= 11 is 0. The fraction of sp³-hybridized carbons (Fsp3) is 0.717. The molecule has 0 heterocycles. The maximum Gasteiger partial charge on any atom is 0.472 e. The average Bonchev–Trinajstić information content (AvgIpc) is 3.15. The molecule has 0 rings (SSSR count). The van der Waals surface area contributed by atoms with Gasteiger partial charge < -0.3 is 18.9 Å². The zero-order chi connectivity index (χ0) is 42.3. The SMILES string of the molecule is CCCCC/C=C\C=C\C(=O)CCCCCCCC(=O)O[C@H](COC(=O)CCC/C=C\C/C=C\C/C=C\CCCCCCCC)COP(=O)(O)OCC[N+](C)(C)C. The molecule has 2 atom stereocenters. The third kappa shape index (κ3) is 41.3. The van der Waals surface area contributed by atoms with E-state index < -0.39 is 32.5 Å². The number of allylic oxidation sites excluding steroid dienone is 10. The summed E-state index contributed by atoms with van der Waals surface area (Å²) in [7, 11) is 1.37. The Labute approximate surface area is 347 Å². The van der Waals surface area contributed by atoms with E-state index in [9.17, 15) is 23.8 Å². The standard InChI is InChI=1S/C46H80NO9P/c1-6-8-10-12-14-15-16-17-18-19-20-21-22-23-25-29-33-37-45(49)53-41-44(42-55-57(51,52)54-40-39-47(3,4)5)56-46(50)38-34-30-26-28-32-36-43(48)35-31-27-24-13-11-9-7-2/h17-18,20-21,23-25,27,31,35,44H,6-16,19,22,26,28-30,32-34,36-42H2,1-5H3/p+1/b18-17-,21-20-,25-23-,27-24-,35-31+/t44-/m1/s1. The van der Waals surface area contributed by atoms with Crippen LogP contribution >= 0.6 is 7.82 Å². The summed E-state index contributed by atoms with van der Waals surface area (Å²) in [5, 5.41) is 0. The highest BCUT2D eigenvalue weighted by Crippen LogP contribution is 2.43. The smallest absolute Gasteiger partial charge is 0.462 e.